The Balaban J connectivity index is 1.93. The molecule has 1 aliphatic heterocycles. The van der Waals surface area contributed by atoms with Crippen LogP contribution in [0, 0.1) is 0 Å². The number of amides is 1. The van der Waals surface area contributed by atoms with E-state index in [0.29, 0.717) is 24.5 Å². The van der Waals surface area contributed by atoms with E-state index in [1.165, 1.54) is 6.92 Å². The highest BCUT2D eigenvalue weighted by Crippen LogP contribution is 2.12. The third kappa shape index (κ3) is 4.04. The highest BCUT2D eigenvalue weighted by atomic mass is 16.7. The van der Waals surface area contributed by atoms with Crippen LogP contribution in [-0.2, 0) is 19.0 Å². The molecule has 1 aromatic rings. The topological polar surface area (TPSA) is 73.9 Å². The maximum Gasteiger partial charge on any atom is 0.340 e. The standard InChI is InChI=1S/C13H15NO5/c1-9(15)14-11-4-2-10(3-5-11)13(16)19-12-8-17-6-7-18-12/h2-5,12H,6-8H2,1H3,(H,14,15). The third-order valence-electron chi connectivity index (χ3n) is 2.46. The minimum Gasteiger partial charge on any atom is -0.430 e. The molecular weight excluding hydrogens is 250 g/mol. The van der Waals surface area contributed by atoms with E-state index in [-0.39, 0.29) is 12.5 Å². The molecule has 0 saturated carbocycles. The fraction of sp³-hybridized carbons (Fsp3) is 0.385. The highest BCUT2D eigenvalue weighted by molar-refractivity contribution is 5.92. The van der Waals surface area contributed by atoms with E-state index >= 15 is 0 Å². The number of anilines is 1. The molecular formula is C13H15NO5. The van der Waals surface area contributed by atoms with Gasteiger partial charge >= 0.3 is 5.97 Å². The van der Waals surface area contributed by atoms with Gasteiger partial charge in [-0.05, 0) is 24.3 Å². The number of rotatable bonds is 3. The Labute approximate surface area is 110 Å². The maximum absolute atomic E-state index is 11.8. The van der Waals surface area contributed by atoms with Crippen LogP contribution in [0.1, 0.15) is 17.3 Å². The molecule has 2 rings (SSSR count). The van der Waals surface area contributed by atoms with Crippen molar-refractivity contribution in [3.63, 3.8) is 0 Å². The van der Waals surface area contributed by atoms with Crippen molar-refractivity contribution in [2.45, 2.75) is 13.2 Å². The molecule has 0 aromatic heterocycles. The summed E-state index contributed by atoms with van der Waals surface area (Å²) in [6, 6.07) is 6.43. The van der Waals surface area contributed by atoms with E-state index in [1.54, 1.807) is 24.3 Å². The lowest BCUT2D eigenvalue weighted by Gasteiger charge is -2.22. The Hall–Kier alpha value is -1.92. The number of esters is 1. The number of hydrogen-bond acceptors (Lipinski definition) is 5. The highest BCUT2D eigenvalue weighted by Gasteiger charge is 2.19. The Morgan fingerprint density at radius 2 is 2.00 bits per heavy atom. The van der Waals surface area contributed by atoms with Crippen molar-refractivity contribution in [3.05, 3.63) is 29.8 Å². The molecule has 1 saturated heterocycles. The first-order chi connectivity index (χ1) is 9.15. The summed E-state index contributed by atoms with van der Waals surface area (Å²) < 4.78 is 15.5. The van der Waals surface area contributed by atoms with Crippen molar-refractivity contribution < 1.29 is 23.8 Å². The molecule has 19 heavy (non-hydrogen) atoms. The molecule has 0 aliphatic carbocycles. The van der Waals surface area contributed by atoms with E-state index < -0.39 is 12.3 Å². The van der Waals surface area contributed by atoms with E-state index in [2.05, 4.69) is 5.32 Å². The quantitative estimate of drug-likeness (QED) is 0.830. The van der Waals surface area contributed by atoms with Crippen LogP contribution < -0.4 is 5.32 Å². The van der Waals surface area contributed by atoms with Crippen LogP contribution >= 0.6 is 0 Å². The number of nitrogens with one attached hydrogen (secondary N) is 1. The van der Waals surface area contributed by atoms with Crippen molar-refractivity contribution in [1.29, 1.82) is 0 Å². The predicted octanol–water partition coefficient (Wildman–Crippen LogP) is 1.17. The van der Waals surface area contributed by atoms with Crippen LogP contribution in [0.5, 0.6) is 0 Å². The zero-order chi connectivity index (χ0) is 13.7. The molecule has 1 aromatic carbocycles. The second-order valence-electron chi connectivity index (χ2n) is 4.04. The van der Waals surface area contributed by atoms with Gasteiger partial charge in [-0.1, -0.05) is 0 Å². The largest absolute Gasteiger partial charge is 0.430 e. The lowest BCUT2D eigenvalue weighted by atomic mass is 10.2. The third-order valence-corrected chi connectivity index (χ3v) is 2.46. The maximum atomic E-state index is 11.8. The van der Waals surface area contributed by atoms with Gasteiger partial charge in [0.15, 0.2) is 0 Å². The summed E-state index contributed by atoms with van der Waals surface area (Å²) in [6.07, 6.45) is -0.656. The fourth-order valence-electron chi connectivity index (χ4n) is 1.61. The second kappa shape index (κ2) is 6.31. The van der Waals surface area contributed by atoms with Crippen LogP contribution in [0.25, 0.3) is 0 Å². The Morgan fingerprint density at radius 3 is 2.58 bits per heavy atom. The smallest absolute Gasteiger partial charge is 0.340 e. The molecule has 6 nitrogen and oxygen atoms in total. The minimum atomic E-state index is -0.656. The van der Waals surface area contributed by atoms with Crippen molar-refractivity contribution >= 4 is 17.6 Å². The molecule has 0 bridgehead atoms. The summed E-state index contributed by atoms with van der Waals surface area (Å²) in [6.45, 7) is 2.59. The number of carbonyl (C=O) groups is 2. The van der Waals surface area contributed by atoms with Gasteiger partial charge in [0, 0.05) is 12.6 Å². The number of ether oxygens (including phenoxy) is 3. The molecule has 1 unspecified atom stereocenters. The number of carbonyl (C=O) groups excluding carboxylic acids is 2. The van der Waals surface area contributed by atoms with Gasteiger partial charge in [0.1, 0.15) is 6.61 Å². The normalized spacial score (nSPS) is 18.7. The molecule has 1 N–H and O–H groups in total. The van der Waals surface area contributed by atoms with E-state index in [4.69, 9.17) is 14.2 Å². The van der Waals surface area contributed by atoms with Crippen LogP contribution in [0.2, 0.25) is 0 Å². The van der Waals surface area contributed by atoms with Gasteiger partial charge in [0.05, 0.1) is 18.8 Å². The van der Waals surface area contributed by atoms with Gasteiger partial charge in [0.25, 0.3) is 0 Å². The number of hydrogen-bond donors (Lipinski definition) is 1. The van der Waals surface area contributed by atoms with Crippen LogP contribution in [0.3, 0.4) is 0 Å². The second-order valence-corrected chi connectivity index (χ2v) is 4.04. The summed E-state index contributed by atoms with van der Waals surface area (Å²) in [5.74, 6) is -0.645. The summed E-state index contributed by atoms with van der Waals surface area (Å²) in [5.41, 5.74) is 1.02. The van der Waals surface area contributed by atoms with Crippen molar-refractivity contribution in [2.75, 3.05) is 25.1 Å². The lowest BCUT2D eigenvalue weighted by molar-refractivity contribution is -0.186. The van der Waals surface area contributed by atoms with Crippen molar-refractivity contribution in [2.24, 2.45) is 0 Å². The molecule has 1 atom stereocenters. The van der Waals surface area contributed by atoms with Gasteiger partial charge in [-0.3, -0.25) is 4.79 Å². The molecule has 1 heterocycles. The fourth-order valence-corrected chi connectivity index (χ4v) is 1.61. The summed E-state index contributed by atoms with van der Waals surface area (Å²) in [7, 11) is 0. The molecule has 0 spiro atoms. The SMILES string of the molecule is CC(=O)Nc1ccc(C(=O)OC2COCCO2)cc1. The van der Waals surface area contributed by atoms with Gasteiger partial charge in [-0.25, -0.2) is 4.79 Å². The first kappa shape index (κ1) is 13.5. The minimum absolute atomic E-state index is 0.164. The van der Waals surface area contributed by atoms with Gasteiger partial charge in [-0.15, -0.1) is 0 Å². The van der Waals surface area contributed by atoms with Crippen molar-refractivity contribution in [1.82, 2.24) is 0 Å². The van der Waals surface area contributed by atoms with E-state index in [9.17, 15) is 9.59 Å². The molecule has 6 heteroatoms. The van der Waals surface area contributed by atoms with Gasteiger partial charge in [0.2, 0.25) is 12.2 Å². The van der Waals surface area contributed by atoms with Crippen LogP contribution in [0.4, 0.5) is 5.69 Å². The Kier molecular flexibility index (Phi) is 4.48. The van der Waals surface area contributed by atoms with Crippen LogP contribution in [-0.4, -0.2) is 38.0 Å². The van der Waals surface area contributed by atoms with Crippen molar-refractivity contribution in [3.8, 4) is 0 Å². The van der Waals surface area contributed by atoms with Gasteiger partial charge < -0.3 is 19.5 Å². The first-order valence-electron chi connectivity index (χ1n) is 5.93. The predicted molar refractivity (Wildman–Crippen MR) is 66.7 cm³/mol. The summed E-state index contributed by atoms with van der Waals surface area (Å²) in [4.78, 5) is 22.7. The molecule has 0 radical (unpaired) electrons. The Bertz CT molecular complexity index is 451. The molecule has 1 fully saturated rings. The number of benzene rings is 1. The Morgan fingerprint density at radius 1 is 1.26 bits per heavy atom. The summed E-state index contributed by atoms with van der Waals surface area (Å²) in [5, 5.41) is 2.62. The van der Waals surface area contributed by atoms with Crippen LogP contribution in [0.15, 0.2) is 24.3 Å². The first-order valence-corrected chi connectivity index (χ1v) is 5.93. The molecule has 1 amide bonds. The van der Waals surface area contributed by atoms with E-state index in [0.717, 1.165) is 0 Å². The van der Waals surface area contributed by atoms with E-state index in [1.807, 2.05) is 0 Å². The zero-order valence-electron chi connectivity index (χ0n) is 10.5. The lowest BCUT2D eigenvalue weighted by Crippen LogP contribution is -2.32. The molecule has 102 valence electrons. The van der Waals surface area contributed by atoms with Gasteiger partial charge in [-0.2, -0.15) is 0 Å². The monoisotopic (exact) mass is 265 g/mol. The zero-order valence-corrected chi connectivity index (χ0v) is 10.5. The average molecular weight is 265 g/mol. The summed E-state index contributed by atoms with van der Waals surface area (Å²) >= 11 is 0. The average Bonchev–Trinajstić information content (AvgIpc) is 2.40. The molecule has 1 aliphatic rings.